The van der Waals surface area contributed by atoms with Gasteiger partial charge in [0.05, 0.1) is 6.10 Å². The molecule has 0 aliphatic carbocycles. The molecule has 2 unspecified atom stereocenters. The molecule has 66 valence electrons. The minimum Gasteiger partial charge on any atom is -0.480 e. The van der Waals surface area contributed by atoms with E-state index in [-0.39, 0.29) is 0 Å². The largest absolute Gasteiger partial charge is 0.480 e. The third-order valence-corrected chi connectivity index (χ3v) is 1.36. The van der Waals surface area contributed by atoms with Gasteiger partial charge in [-0.05, 0) is 19.9 Å². The molecule has 4 nitrogen and oxygen atoms in total. The summed E-state index contributed by atoms with van der Waals surface area (Å²) in [4.78, 5) is 10.4. The van der Waals surface area contributed by atoms with Gasteiger partial charge >= 0.3 is 5.97 Å². The second-order valence-corrected chi connectivity index (χ2v) is 2.51. The highest BCUT2D eigenvalue weighted by molar-refractivity contribution is 5.74. The average molecular weight is 161 g/mol. The lowest BCUT2D eigenvalue weighted by Gasteiger charge is -2.15. The maximum absolute atomic E-state index is 10.4. The summed E-state index contributed by atoms with van der Waals surface area (Å²) in [6.45, 7) is 4.01. The first kappa shape index (κ1) is 10.4. The number of rotatable bonds is 5. The van der Waals surface area contributed by atoms with Crippen molar-refractivity contribution in [3.8, 4) is 0 Å². The van der Waals surface area contributed by atoms with Crippen LogP contribution in [0.25, 0.3) is 0 Å². The maximum Gasteiger partial charge on any atom is 0.323 e. The highest BCUT2D eigenvalue weighted by Gasteiger charge is 2.21. The van der Waals surface area contributed by atoms with E-state index in [1.165, 1.54) is 6.92 Å². The van der Waals surface area contributed by atoms with Crippen molar-refractivity contribution in [3.63, 3.8) is 0 Å². The lowest BCUT2D eigenvalue weighted by molar-refractivity contribution is -0.142. The van der Waals surface area contributed by atoms with Gasteiger partial charge in [0.15, 0.2) is 0 Å². The van der Waals surface area contributed by atoms with E-state index < -0.39 is 18.1 Å². The lowest BCUT2D eigenvalue weighted by Crippen LogP contribution is -2.44. The van der Waals surface area contributed by atoms with Crippen LogP contribution < -0.4 is 5.32 Å². The summed E-state index contributed by atoms with van der Waals surface area (Å²) in [5.74, 6) is -1.01. The molecule has 0 radical (unpaired) electrons. The zero-order chi connectivity index (χ0) is 8.85. The Morgan fingerprint density at radius 2 is 2.18 bits per heavy atom. The van der Waals surface area contributed by atoms with Gasteiger partial charge in [0.25, 0.3) is 0 Å². The van der Waals surface area contributed by atoms with Crippen molar-refractivity contribution in [3.05, 3.63) is 0 Å². The Hall–Kier alpha value is -0.610. The van der Waals surface area contributed by atoms with E-state index in [0.717, 1.165) is 6.42 Å². The topological polar surface area (TPSA) is 69.6 Å². The van der Waals surface area contributed by atoms with Crippen LogP contribution in [0.15, 0.2) is 0 Å². The number of carboxylic acids is 1. The van der Waals surface area contributed by atoms with Gasteiger partial charge in [-0.1, -0.05) is 6.92 Å². The molecule has 11 heavy (non-hydrogen) atoms. The minimum atomic E-state index is -1.01. The molecule has 4 heteroatoms. The standard InChI is InChI=1S/C7H15NO3/c1-3-4-8-6(5(2)9)7(10)11/h5-6,8-9H,3-4H2,1-2H3,(H,10,11). The summed E-state index contributed by atoms with van der Waals surface area (Å²) in [6, 6.07) is -0.838. The SMILES string of the molecule is CCCNC(C(=O)O)C(C)O. The molecule has 0 aromatic rings. The van der Waals surface area contributed by atoms with Crippen LogP contribution in [0.1, 0.15) is 20.3 Å². The molecule has 3 N–H and O–H groups in total. The van der Waals surface area contributed by atoms with Crippen molar-refractivity contribution in [1.82, 2.24) is 5.32 Å². The fraction of sp³-hybridized carbons (Fsp3) is 0.857. The molecule has 0 rings (SSSR count). The first-order valence-electron chi connectivity index (χ1n) is 3.73. The maximum atomic E-state index is 10.4. The van der Waals surface area contributed by atoms with Gasteiger partial charge in [-0.2, -0.15) is 0 Å². The van der Waals surface area contributed by atoms with Crippen molar-refractivity contribution in [2.24, 2.45) is 0 Å². The van der Waals surface area contributed by atoms with E-state index in [4.69, 9.17) is 10.2 Å². The van der Waals surface area contributed by atoms with E-state index in [0.29, 0.717) is 6.54 Å². The molecule has 0 aromatic carbocycles. The molecule has 0 bridgehead atoms. The first-order valence-corrected chi connectivity index (χ1v) is 3.73. The predicted octanol–water partition coefficient (Wildman–Crippen LogP) is -0.180. The van der Waals surface area contributed by atoms with Crippen LogP contribution in [-0.4, -0.2) is 34.9 Å². The van der Waals surface area contributed by atoms with Gasteiger partial charge in [0, 0.05) is 0 Å². The van der Waals surface area contributed by atoms with E-state index >= 15 is 0 Å². The van der Waals surface area contributed by atoms with Crippen molar-refractivity contribution in [2.75, 3.05) is 6.54 Å². The van der Waals surface area contributed by atoms with Gasteiger partial charge in [0.1, 0.15) is 6.04 Å². The van der Waals surface area contributed by atoms with Crippen LogP contribution in [0.2, 0.25) is 0 Å². The number of hydrogen-bond donors (Lipinski definition) is 3. The quantitative estimate of drug-likeness (QED) is 0.523. The Labute approximate surface area is 66.2 Å². The third kappa shape index (κ3) is 3.95. The summed E-state index contributed by atoms with van der Waals surface area (Å²) < 4.78 is 0. The van der Waals surface area contributed by atoms with Crippen molar-refractivity contribution in [1.29, 1.82) is 0 Å². The molecular formula is C7H15NO3. The van der Waals surface area contributed by atoms with Crippen LogP contribution >= 0.6 is 0 Å². The van der Waals surface area contributed by atoms with E-state index in [9.17, 15) is 4.79 Å². The monoisotopic (exact) mass is 161 g/mol. The van der Waals surface area contributed by atoms with Crippen LogP contribution in [0.3, 0.4) is 0 Å². The van der Waals surface area contributed by atoms with Crippen molar-refractivity contribution < 1.29 is 15.0 Å². The zero-order valence-corrected chi connectivity index (χ0v) is 6.87. The Morgan fingerprint density at radius 1 is 1.64 bits per heavy atom. The Morgan fingerprint density at radius 3 is 2.45 bits per heavy atom. The van der Waals surface area contributed by atoms with E-state index in [2.05, 4.69) is 5.32 Å². The molecule has 0 aromatic heterocycles. The van der Waals surface area contributed by atoms with Crippen LogP contribution in [0.4, 0.5) is 0 Å². The molecule has 0 heterocycles. The van der Waals surface area contributed by atoms with Crippen molar-refractivity contribution >= 4 is 5.97 Å². The van der Waals surface area contributed by atoms with Gasteiger partial charge in [0.2, 0.25) is 0 Å². The number of carboxylic acid groups (broad SMARTS) is 1. The number of hydrogen-bond acceptors (Lipinski definition) is 3. The number of carbonyl (C=O) groups is 1. The number of aliphatic carboxylic acids is 1. The Balaban J connectivity index is 3.80. The molecule has 0 spiro atoms. The third-order valence-electron chi connectivity index (χ3n) is 1.36. The molecular weight excluding hydrogens is 146 g/mol. The molecule has 0 aliphatic rings. The minimum absolute atomic E-state index is 0.613. The lowest BCUT2D eigenvalue weighted by atomic mass is 10.2. The van der Waals surface area contributed by atoms with Gasteiger partial charge in [-0.3, -0.25) is 4.79 Å². The Kier molecular flexibility index (Phi) is 4.81. The average Bonchev–Trinajstić information content (AvgIpc) is 1.87. The highest BCUT2D eigenvalue weighted by Crippen LogP contribution is 1.92. The summed E-state index contributed by atoms with van der Waals surface area (Å²) in [5.41, 5.74) is 0. The second-order valence-electron chi connectivity index (χ2n) is 2.51. The smallest absolute Gasteiger partial charge is 0.323 e. The molecule has 0 fully saturated rings. The number of aliphatic hydroxyl groups is 1. The van der Waals surface area contributed by atoms with Crippen LogP contribution in [-0.2, 0) is 4.79 Å². The summed E-state index contributed by atoms with van der Waals surface area (Å²) in [5, 5.41) is 20.2. The first-order chi connectivity index (χ1) is 5.09. The molecule has 0 aliphatic heterocycles. The molecule has 0 saturated heterocycles. The molecule has 0 saturated carbocycles. The van der Waals surface area contributed by atoms with Gasteiger partial charge < -0.3 is 15.5 Å². The highest BCUT2D eigenvalue weighted by atomic mass is 16.4. The van der Waals surface area contributed by atoms with E-state index in [1.807, 2.05) is 6.92 Å². The number of aliphatic hydroxyl groups excluding tert-OH is 1. The molecule has 2 atom stereocenters. The number of nitrogens with one attached hydrogen (secondary N) is 1. The normalized spacial score (nSPS) is 15.9. The fourth-order valence-electron chi connectivity index (χ4n) is 0.764. The Bertz CT molecular complexity index is 125. The summed E-state index contributed by atoms with van der Waals surface area (Å²) >= 11 is 0. The van der Waals surface area contributed by atoms with Crippen LogP contribution in [0, 0.1) is 0 Å². The van der Waals surface area contributed by atoms with Gasteiger partial charge in [-0.25, -0.2) is 0 Å². The zero-order valence-electron chi connectivity index (χ0n) is 6.87. The second kappa shape index (κ2) is 5.09. The summed E-state index contributed by atoms with van der Waals surface area (Å²) in [7, 11) is 0. The van der Waals surface area contributed by atoms with Gasteiger partial charge in [-0.15, -0.1) is 0 Å². The van der Waals surface area contributed by atoms with Crippen LogP contribution in [0.5, 0.6) is 0 Å². The summed E-state index contributed by atoms with van der Waals surface area (Å²) in [6.07, 6.45) is 0.00954. The predicted molar refractivity (Wildman–Crippen MR) is 41.4 cm³/mol. The van der Waals surface area contributed by atoms with Crippen molar-refractivity contribution in [2.45, 2.75) is 32.4 Å². The molecule has 0 amide bonds. The fourth-order valence-corrected chi connectivity index (χ4v) is 0.764. The van der Waals surface area contributed by atoms with E-state index in [1.54, 1.807) is 0 Å².